The Hall–Kier alpha value is -2.39. The van der Waals surface area contributed by atoms with E-state index in [-0.39, 0.29) is 0 Å². The Morgan fingerprint density at radius 2 is 2.16 bits per heavy atom. The minimum absolute atomic E-state index is 0.557. The molecule has 94 valence electrons. The minimum atomic E-state index is 0.557. The molecule has 0 saturated heterocycles. The van der Waals surface area contributed by atoms with Crippen molar-refractivity contribution in [3.8, 4) is 6.07 Å². The summed E-state index contributed by atoms with van der Waals surface area (Å²) in [5.41, 5.74) is 2.22. The zero-order chi connectivity index (χ0) is 13.4. The van der Waals surface area contributed by atoms with Gasteiger partial charge in [-0.15, -0.1) is 0 Å². The first-order chi connectivity index (χ1) is 9.19. The second-order valence-corrected chi connectivity index (χ2v) is 5.19. The van der Waals surface area contributed by atoms with Crippen molar-refractivity contribution in [3.63, 3.8) is 0 Å². The first-order valence-electron chi connectivity index (χ1n) is 5.75. The summed E-state index contributed by atoms with van der Waals surface area (Å²) in [5.74, 6) is 0.680. The van der Waals surface area contributed by atoms with E-state index in [1.165, 1.54) is 0 Å². The summed E-state index contributed by atoms with van der Waals surface area (Å²) in [6, 6.07) is 10.1. The molecule has 2 heterocycles. The van der Waals surface area contributed by atoms with Gasteiger partial charge in [0.1, 0.15) is 17.5 Å². The van der Waals surface area contributed by atoms with Crippen molar-refractivity contribution >= 4 is 32.5 Å². The lowest BCUT2D eigenvalue weighted by Crippen LogP contribution is -1.99. The number of para-hydroxylation sites is 1. The van der Waals surface area contributed by atoms with E-state index < -0.39 is 0 Å². The number of nitrogens with one attached hydrogen (secondary N) is 1. The van der Waals surface area contributed by atoms with Gasteiger partial charge in [0, 0.05) is 7.05 Å². The maximum absolute atomic E-state index is 9.17. The molecule has 3 rings (SSSR count). The molecular weight excluding hydrogens is 258 g/mol. The third kappa shape index (κ3) is 1.94. The fraction of sp³-hybridized carbons (Fsp3) is 0.154. The number of anilines is 2. The molecule has 6 heteroatoms. The van der Waals surface area contributed by atoms with E-state index in [0.29, 0.717) is 17.1 Å². The second-order valence-electron chi connectivity index (χ2n) is 4.16. The average Bonchev–Trinajstić information content (AvgIpc) is 2.91. The maximum Gasteiger partial charge on any atom is 0.189 e. The molecule has 0 radical (unpaired) electrons. The molecule has 0 aliphatic rings. The van der Waals surface area contributed by atoms with Crippen molar-refractivity contribution in [2.75, 3.05) is 5.32 Å². The smallest absolute Gasteiger partial charge is 0.189 e. The summed E-state index contributed by atoms with van der Waals surface area (Å²) < 4.78 is 2.78. The standard InChI is InChI=1S/C13H11N5S/c1-8-9(7-14)12(18(2)17-8)16-13-15-10-5-3-4-6-11(10)19-13/h3-6H,1-2H3,(H,15,16). The zero-order valence-electron chi connectivity index (χ0n) is 10.5. The number of benzene rings is 1. The third-order valence-corrected chi connectivity index (χ3v) is 3.81. The summed E-state index contributed by atoms with van der Waals surface area (Å²) in [7, 11) is 1.81. The van der Waals surface area contributed by atoms with Crippen LogP contribution < -0.4 is 5.32 Å². The molecule has 0 amide bonds. The van der Waals surface area contributed by atoms with Gasteiger partial charge in [0.25, 0.3) is 0 Å². The lowest BCUT2D eigenvalue weighted by molar-refractivity contribution is 0.765. The van der Waals surface area contributed by atoms with Gasteiger partial charge >= 0.3 is 0 Å². The highest BCUT2D eigenvalue weighted by atomic mass is 32.1. The van der Waals surface area contributed by atoms with Crippen LogP contribution in [0.25, 0.3) is 10.2 Å². The highest BCUT2D eigenvalue weighted by molar-refractivity contribution is 7.22. The number of thiazole rings is 1. The minimum Gasteiger partial charge on any atom is -0.315 e. The van der Waals surface area contributed by atoms with Crippen molar-refractivity contribution in [3.05, 3.63) is 35.5 Å². The Bertz CT molecular complexity index is 760. The Morgan fingerprint density at radius 3 is 2.89 bits per heavy atom. The molecule has 0 aliphatic heterocycles. The number of aryl methyl sites for hydroxylation is 2. The topological polar surface area (TPSA) is 66.5 Å². The molecule has 2 aromatic heterocycles. The normalized spacial score (nSPS) is 10.6. The van der Waals surface area contributed by atoms with Crippen molar-refractivity contribution in [1.82, 2.24) is 14.8 Å². The first kappa shape index (κ1) is 11.7. The Morgan fingerprint density at radius 1 is 1.37 bits per heavy atom. The number of aromatic nitrogens is 3. The highest BCUT2D eigenvalue weighted by Crippen LogP contribution is 2.29. The molecule has 0 atom stereocenters. The number of hydrogen-bond donors (Lipinski definition) is 1. The van der Waals surface area contributed by atoms with Crippen molar-refractivity contribution in [2.45, 2.75) is 6.92 Å². The molecule has 3 aromatic rings. The molecule has 0 spiro atoms. The summed E-state index contributed by atoms with van der Waals surface area (Å²) in [5, 5.41) is 17.4. The number of nitriles is 1. The number of fused-ring (bicyclic) bond motifs is 1. The van der Waals surface area contributed by atoms with Crippen LogP contribution in [0.15, 0.2) is 24.3 Å². The van der Waals surface area contributed by atoms with Gasteiger partial charge in [-0.2, -0.15) is 10.4 Å². The molecule has 0 fully saturated rings. The lowest BCUT2D eigenvalue weighted by Gasteiger charge is -2.02. The van der Waals surface area contributed by atoms with Gasteiger partial charge in [-0.25, -0.2) is 4.98 Å². The van der Waals surface area contributed by atoms with E-state index in [0.717, 1.165) is 15.3 Å². The number of rotatable bonds is 2. The molecule has 5 nitrogen and oxygen atoms in total. The first-order valence-corrected chi connectivity index (χ1v) is 6.57. The summed E-state index contributed by atoms with van der Waals surface area (Å²) in [4.78, 5) is 4.49. The molecule has 19 heavy (non-hydrogen) atoms. The highest BCUT2D eigenvalue weighted by Gasteiger charge is 2.14. The van der Waals surface area contributed by atoms with Gasteiger partial charge < -0.3 is 5.32 Å². The van der Waals surface area contributed by atoms with Gasteiger partial charge in [0.05, 0.1) is 15.9 Å². The third-order valence-electron chi connectivity index (χ3n) is 2.85. The van der Waals surface area contributed by atoms with Crippen LogP contribution in [0.4, 0.5) is 10.9 Å². The largest absolute Gasteiger partial charge is 0.315 e. The van der Waals surface area contributed by atoms with Crippen LogP contribution in [0.3, 0.4) is 0 Å². The Labute approximate surface area is 114 Å². The predicted octanol–water partition coefficient (Wildman–Crippen LogP) is 2.95. The quantitative estimate of drug-likeness (QED) is 0.776. The lowest BCUT2D eigenvalue weighted by atomic mass is 10.3. The molecule has 0 bridgehead atoms. The van der Waals surface area contributed by atoms with Crippen LogP contribution in [0.5, 0.6) is 0 Å². The zero-order valence-corrected chi connectivity index (χ0v) is 11.3. The van der Waals surface area contributed by atoms with Crippen LogP contribution in [-0.2, 0) is 7.05 Å². The summed E-state index contributed by atoms with van der Waals surface area (Å²) >= 11 is 1.56. The second kappa shape index (κ2) is 4.37. The Balaban J connectivity index is 2.04. The molecule has 0 aliphatic carbocycles. The van der Waals surface area contributed by atoms with Gasteiger partial charge in [0.15, 0.2) is 5.13 Å². The van der Waals surface area contributed by atoms with Crippen LogP contribution in [0, 0.1) is 18.3 Å². The summed E-state index contributed by atoms with van der Waals surface area (Å²) in [6.07, 6.45) is 0. The van der Waals surface area contributed by atoms with Gasteiger partial charge in [-0.05, 0) is 19.1 Å². The van der Waals surface area contributed by atoms with Crippen molar-refractivity contribution in [1.29, 1.82) is 5.26 Å². The number of nitrogens with zero attached hydrogens (tertiary/aromatic N) is 4. The molecule has 1 N–H and O–H groups in total. The molecular formula is C13H11N5S. The van der Waals surface area contributed by atoms with E-state index >= 15 is 0 Å². The van der Waals surface area contributed by atoms with Gasteiger partial charge in [-0.3, -0.25) is 4.68 Å². The maximum atomic E-state index is 9.17. The SMILES string of the molecule is Cc1nn(C)c(Nc2nc3ccccc3s2)c1C#N. The fourth-order valence-electron chi connectivity index (χ4n) is 1.96. The fourth-order valence-corrected chi connectivity index (χ4v) is 2.83. The predicted molar refractivity (Wildman–Crippen MR) is 75.6 cm³/mol. The monoisotopic (exact) mass is 269 g/mol. The molecule has 0 unspecified atom stereocenters. The van der Waals surface area contributed by atoms with E-state index in [4.69, 9.17) is 0 Å². The Kier molecular flexibility index (Phi) is 2.69. The average molecular weight is 269 g/mol. The molecule has 1 aromatic carbocycles. The van der Waals surface area contributed by atoms with Crippen molar-refractivity contribution < 1.29 is 0 Å². The van der Waals surface area contributed by atoms with Crippen LogP contribution in [0.1, 0.15) is 11.3 Å². The van der Waals surface area contributed by atoms with Crippen LogP contribution in [-0.4, -0.2) is 14.8 Å². The van der Waals surface area contributed by atoms with Gasteiger partial charge in [-0.1, -0.05) is 23.5 Å². The van der Waals surface area contributed by atoms with E-state index in [9.17, 15) is 5.26 Å². The van der Waals surface area contributed by atoms with Crippen molar-refractivity contribution in [2.24, 2.45) is 7.05 Å². The van der Waals surface area contributed by atoms with Crippen LogP contribution in [0.2, 0.25) is 0 Å². The van der Waals surface area contributed by atoms with Gasteiger partial charge in [0.2, 0.25) is 0 Å². The van der Waals surface area contributed by atoms with E-state index in [1.807, 2.05) is 38.2 Å². The number of hydrogen-bond acceptors (Lipinski definition) is 5. The van der Waals surface area contributed by atoms with Crippen LogP contribution >= 0.6 is 11.3 Å². The summed E-state index contributed by atoms with van der Waals surface area (Å²) in [6.45, 7) is 1.82. The van der Waals surface area contributed by atoms with E-state index in [1.54, 1.807) is 16.0 Å². The van der Waals surface area contributed by atoms with E-state index in [2.05, 4.69) is 21.5 Å². The molecule has 0 saturated carbocycles.